The van der Waals surface area contributed by atoms with Gasteiger partial charge in [0.2, 0.25) is 0 Å². The molecular formula is C24H24BNO2. The molecule has 0 unspecified atom stereocenters. The Bertz CT molecular complexity index is 1370. The van der Waals surface area contributed by atoms with Crippen LogP contribution in [0.15, 0.2) is 72.7 Å². The van der Waals surface area contributed by atoms with E-state index in [0.29, 0.717) is 10.9 Å². The van der Waals surface area contributed by atoms with Crippen molar-refractivity contribution in [2.45, 2.75) is 38.9 Å². The molecule has 1 fully saturated rings. The van der Waals surface area contributed by atoms with Crippen LogP contribution in [0.3, 0.4) is 0 Å². The second-order valence-corrected chi connectivity index (χ2v) is 8.22. The van der Waals surface area contributed by atoms with Gasteiger partial charge >= 0.3 is 7.12 Å². The molecule has 0 atom stereocenters. The zero-order valence-corrected chi connectivity index (χ0v) is 16.5. The van der Waals surface area contributed by atoms with Gasteiger partial charge in [-0.15, -0.1) is 0 Å². The van der Waals surface area contributed by atoms with Gasteiger partial charge in [-0.05, 0) is 57.4 Å². The fourth-order valence-corrected chi connectivity index (χ4v) is 3.80. The predicted molar refractivity (Wildman–Crippen MR) is 116 cm³/mol. The van der Waals surface area contributed by atoms with Gasteiger partial charge in [-0.25, -0.2) is 0 Å². The van der Waals surface area contributed by atoms with Gasteiger partial charge < -0.3 is 13.9 Å². The summed E-state index contributed by atoms with van der Waals surface area (Å²) in [5, 5.41) is 1.19. The van der Waals surface area contributed by atoms with E-state index in [2.05, 4.69) is 0 Å². The first-order chi connectivity index (χ1) is 15.0. The highest BCUT2D eigenvalue weighted by molar-refractivity contribution is 6.66. The van der Waals surface area contributed by atoms with Crippen LogP contribution < -0.4 is 5.46 Å². The van der Waals surface area contributed by atoms with Gasteiger partial charge in [-0.3, -0.25) is 0 Å². The highest BCUT2D eigenvalue weighted by atomic mass is 16.7. The number of aromatic nitrogens is 1. The molecule has 28 heavy (non-hydrogen) atoms. The second-order valence-electron chi connectivity index (χ2n) is 8.22. The first-order valence-electron chi connectivity index (χ1n) is 11.5. The number of fused-ring (bicyclic) bond motifs is 3. The van der Waals surface area contributed by atoms with Crippen molar-refractivity contribution in [3.8, 4) is 5.69 Å². The van der Waals surface area contributed by atoms with Crippen LogP contribution in [-0.2, 0) is 9.31 Å². The molecule has 3 aromatic carbocycles. The first kappa shape index (κ1) is 13.6. The van der Waals surface area contributed by atoms with Gasteiger partial charge in [-0.1, -0.05) is 48.5 Å². The molecule has 3 nitrogen and oxygen atoms in total. The molecule has 140 valence electrons. The summed E-state index contributed by atoms with van der Waals surface area (Å²) < 4.78 is 48.5. The van der Waals surface area contributed by atoms with Crippen molar-refractivity contribution in [1.29, 1.82) is 0 Å². The van der Waals surface area contributed by atoms with Crippen LogP contribution in [0.5, 0.6) is 0 Å². The number of rotatable bonds is 2. The van der Waals surface area contributed by atoms with E-state index in [-0.39, 0.29) is 24.2 Å². The van der Waals surface area contributed by atoms with Gasteiger partial charge in [-0.2, -0.15) is 0 Å². The van der Waals surface area contributed by atoms with E-state index in [1.807, 2.05) is 80.8 Å². The zero-order chi connectivity index (χ0) is 23.0. The molecule has 0 aliphatic carbocycles. The van der Waals surface area contributed by atoms with E-state index in [0.717, 1.165) is 22.1 Å². The highest BCUT2D eigenvalue weighted by Crippen LogP contribution is 2.38. The van der Waals surface area contributed by atoms with Crippen molar-refractivity contribution in [2.75, 3.05) is 0 Å². The molecule has 0 spiro atoms. The van der Waals surface area contributed by atoms with Crippen LogP contribution >= 0.6 is 0 Å². The molecule has 0 radical (unpaired) electrons. The third kappa shape index (κ3) is 2.45. The standard InChI is InChI=1S/C24H24BNO2/c1-23(2)24(3,4)28-25(27-23)19-14-10-16-21-22(19)18-13-8-9-15-20(18)26(21)17-11-6-5-7-12-17/h5-16H,1-4H3/i8D,9D,13D,15D. The summed E-state index contributed by atoms with van der Waals surface area (Å²) in [4.78, 5) is 0. The van der Waals surface area contributed by atoms with Gasteiger partial charge in [0.25, 0.3) is 0 Å². The van der Waals surface area contributed by atoms with Gasteiger partial charge in [0.05, 0.1) is 27.7 Å². The minimum absolute atomic E-state index is 0.0651. The monoisotopic (exact) mass is 373 g/mol. The van der Waals surface area contributed by atoms with E-state index in [9.17, 15) is 0 Å². The molecule has 1 aliphatic rings. The molecule has 4 heteroatoms. The molecule has 0 bridgehead atoms. The number of hydrogen-bond acceptors (Lipinski definition) is 2. The van der Waals surface area contributed by atoms with Crippen LogP contribution in [0.25, 0.3) is 27.5 Å². The second kappa shape index (κ2) is 5.97. The van der Waals surface area contributed by atoms with E-state index in [1.54, 1.807) is 0 Å². The minimum atomic E-state index is -0.656. The largest absolute Gasteiger partial charge is 0.495 e. The molecule has 1 aromatic heterocycles. The van der Waals surface area contributed by atoms with Crippen LogP contribution in [0.4, 0.5) is 0 Å². The summed E-state index contributed by atoms with van der Waals surface area (Å²) >= 11 is 0. The van der Waals surface area contributed by atoms with Gasteiger partial charge in [0, 0.05) is 16.5 Å². The Balaban J connectivity index is 1.94. The van der Waals surface area contributed by atoms with Crippen molar-refractivity contribution in [2.24, 2.45) is 0 Å². The Morgan fingerprint density at radius 1 is 0.821 bits per heavy atom. The van der Waals surface area contributed by atoms with Crippen molar-refractivity contribution in [3.05, 3.63) is 72.7 Å². The van der Waals surface area contributed by atoms with Crippen molar-refractivity contribution >= 4 is 34.4 Å². The molecule has 2 heterocycles. The summed E-state index contributed by atoms with van der Waals surface area (Å²) in [5.74, 6) is 0. The Hall–Kier alpha value is -2.56. The van der Waals surface area contributed by atoms with Crippen molar-refractivity contribution < 1.29 is 14.8 Å². The van der Waals surface area contributed by atoms with Gasteiger partial charge in [0.15, 0.2) is 0 Å². The number of hydrogen-bond donors (Lipinski definition) is 0. The van der Waals surface area contributed by atoms with Crippen LogP contribution in [0, 0.1) is 0 Å². The lowest BCUT2D eigenvalue weighted by Crippen LogP contribution is -2.41. The molecule has 0 amide bonds. The van der Waals surface area contributed by atoms with Gasteiger partial charge in [0.1, 0.15) is 0 Å². The fourth-order valence-electron chi connectivity index (χ4n) is 3.80. The molecule has 5 rings (SSSR count). The van der Waals surface area contributed by atoms with E-state index in [4.69, 9.17) is 14.8 Å². The maximum atomic E-state index is 8.72. The quantitative estimate of drug-likeness (QED) is 0.457. The Morgan fingerprint density at radius 2 is 1.50 bits per heavy atom. The molecule has 0 N–H and O–H groups in total. The molecule has 1 aliphatic heterocycles. The Kier molecular flexibility index (Phi) is 2.90. The zero-order valence-electron chi connectivity index (χ0n) is 20.5. The first-order valence-corrected chi connectivity index (χ1v) is 9.49. The summed E-state index contributed by atoms with van der Waals surface area (Å²) in [6.07, 6.45) is 0. The van der Waals surface area contributed by atoms with E-state index < -0.39 is 18.3 Å². The predicted octanol–water partition coefficient (Wildman–Crippen LogP) is 5.08. The number of nitrogens with zero attached hydrogens (tertiary/aromatic N) is 1. The van der Waals surface area contributed by atoms with Crippen LogP contribution in [-0.4, -0.2) is 22.9 Å². The highest BCUT2D eigenvalue weighted by Gasteiger charge is 2.52. The van der Waals surface area contributed by atoms with E-state index in [1.165, 1.54) is 0 Å². The smallest absolute Gasteiger partial charge is 0.399 e. The summed E-state index contributed by atoms with van der Waals surface area (Å²) in [6, 6.07) is 14.7. The summed E-state index contributed by atoms with van der Waals surface area (Å²) in [6.45, 7) is 7.97. The lowest BCUT2D eigenvalue weighted by molar-refractivity contribution is 0.00578. The van der Waals surface area contributed by atoms with Crippen LogP contribution in [0.1, 0.15) is 33.2 Å². The summed E-state index contributed by atoms with van der Waals surface area (Å²) in [5.41, 5.74) is 1.74. The average Bonchev–Trinajstić information content (AvgIpc) is 3.21. The Morgan fingerprint density at radius 3 is 2.21 bits per heavy atom. The average molecular weight is 373 g/mol. The molecule has 4 aromatic rings. The van der Waals surface area contributed by atoms with Crippen molar-refractivity contribution in [1.82, 2.24) is 4.57 Å². The number of para-hydroxylation sites is 2. The molecular weight excluding hydrogens is 345 g/mol. The molecule has 1 saturated heterocycles. The third-order valence-electron chi connectivity index (χ3n) is 5.98. The maximum absolute atomic E-state index is 8.72. The normalized spacial score (nSPS) is 20.2. The van der Waals surface area contributed by atoms with Crippen LogP contribution in [0.2, 0.25) is 0 Å². The lowest BCUT2D eigenvalue weighted by Gasteiger charge is -2.32. The maximum Gasteiger partial charge on any atom is 0.495 e. The topological polar surface area (TPSA) is 23.4 Å². The SMILES string of the molecule is [2H]c1c([2H])c([2H])c2c(c1[2H])c1c(B3OC(C)(C)C(C)(C)O3)cccc1n2-c1ccccc1. The Labute approximate surface area is 171 Å². The third-order valence-corrected chi connectivity index (χ3v) is 5.98. The number of benzene rings is 3. The molecule has 0 saturated carbocycles. The minimum Gasteiger partial charge on any atom is -0.399 e. The lowest BCUT2D eigenvalue weighted by atomic mass is 9.76. The summed E-state index contributed by atoms with van der Waals surface area (Å²) in [7, 11) is -0.656. The van der Waals surface area contributed by atoms with E-state index >= 15 is 0 Å². The fraction of sp³-hybridized carbons (Fsp3) is 0.250. The van der Waals surface area contributed by atoms with Crippen molar-refractivity contribution in [3.63, 3.8) is 0 Å².